The van der Waals surface area contributed by atoms with E-state index < -0.39 is 6.10 Å². The van der Waals surface area contributed by atoms with Crippen LogP contribution in [0.15, 0.2) is 42.7 Å². The van der Waals surface area contributed by atoms with Crippen molar-refractivity contribution >= 4 is 10.9 Å². The van der Waals surface area contributed by atoms with Crippen molar-refractivity contribution in [3.8, 4) is 0 Å². The van der Waals surface area contributed by atoms with Gasteiger partial charge in [0.1, 0.15) is 0 Å². The van der Waals surface area contributed by atoms with Gasteiger partial charge in [0.25, 0.3) is 0 Å². The predicted molar refractivity (Wildman–Crippen MR) is 95.9 cm³/mol. The fourth-order valence-electron chi connectivity index (χ4n) is 4.01. The number of benzene rings is 1. The number of rotatable bonds is 3. The zero-order chi connectivity index (χ0) is 16.7. The number of aliphatic hydroxyl groups excluding tert-OH is 1. The van der Waals surface area contributed by atoms with Crippen LogP contribution in [0.2, 0.25) is 0 Å². The molecule has 0 saturated heterocycles. The molecule has 1 aliphatic heterocycles. The molecule has 2 unspecified atom stereocenters. The summed E-state index contributed by atoms with van der Waals surface area (Å²) in [4.78, 5) is 4.03. The van der Waals surface area contributed by atoms with Gasteiger partial charge in [-0.3, -0.25) is 4.98 Å². The van der Waals surface area contributed by atoms with Crippen molar-refractivity contribution in [3.05, 3.63) is 65.1 Å². The van der Waals surface area contributed by atoms with E-state index >= 15 is 0 Å². The molecule has 0 spiro atoms. The third kappa shape index (κ3) is 2.52. The molecule has 4 rings (SSSR count). The highest BCUT2D eigenvalue weighted by atomic mass is 16.3. The summed E-state index contributed by atoms with van der Waals surface area (Å²) in [5.74, 6) is 0.301. The Kier molecular flexibility index (Phi) is 3.87. The normalized spacial score (nSPS) is 18.5. The molecule has 0 saturated carbocycles. The molecule has 0 amide bonds. The van der Waals surface area contributed by atoms with Crippen molar-refractivity contribution in [1.82, 2.24) is 14.9 Å². The van der Waals surface area contributed by atoms with E-state index in [2.05, 4.69) is 47.0 Å². The Balaban J connectivity index is 1.72. The van der Waals surface area contributed by atoms with Gasteiger partial charge >= 0.3 is 0 Å². The van der Waals surface area contributed by atoms with E-state index in [9.17, 15) is 5.11 Å². The molecule has 0 aliphatic carbocycles. The van der Waals surface area contributed by atoms with Crippen LogP contribution in [0.1, 0.15) is 40.8 Å². The molecule has 1 aliphatic rings. The Morgan fingerprint density at radius 1 is 1.29 bits per heavy atom. The molecule has 2 aromatic heterocycles. The molecule has 0 fully saturated rings. The molecule has 1 aromatic carbocycles. The summed E-state index contributed by atoms with van der Waals surface area (Å²) in [5.41, 5.74) is 6.25. The van der Waals surface area contributed by atoms with Crippen LogP contribution in [0.3, 0.4) is 0 Å². The highest BCUT2D eigenvalue weighted by molar-refractivity contribution is 5.86. The quantitative estimate of drug-likeness (QED) is 0.779. The number of aliphatic hydroxyl groups is 1. The van der Waals surface area contributed by atoms with Gasteiger partial charge in [-0.05, 0) is 48.7 Å². The Hall–Kier alpha value is -2.17. The Labute approximate surface area is 142 Å². The number of nitrogens with one attached hydrogen (secondary N) is 1. The molecule has 2 N–H and O–H groups in total. The molecule has 124 valence electrons. The van der Waals surface area contributed by atoms with Crippen molar-refractivity contribution in [2.45, 2.75) is 31.9 Å². The summed E-state index contributed by atoms with van der Waals surface area (Å²) in [6.07, 6.45) is 3.73. The van der Waals surface area contributed by atoms with Crippen molar-refractivity contribution < 1.29 is 5.11 Å². The number of nitrogens with zero attached hydrogens (tertiary/aromatic N) is 2. The summed E-state index contributed by atoms with van der Waals surface area (Å²) in [7, 11) is 2.15. The minimum atomic E-state index is -0.467. The Morgan fingerprint density at radius 2 is 2.08 bits per heavy atom. The van der Waals surface area contributed by atoms with Crippen molar-refractivity contribution in [3.63, 3.8) is 0 Å². The van der Waals surface area contributed by atoms with E-state index in [1.165, 1.54) is 27.7 Å². The summed E-state index contributed by atoms with van der Waals surface area (Å²) in [6.45, 7) is 3.94. The largest absolute Gasteiger partial charge is 0.388 e. The van der Waals surface area contributed by atoms with Crippen LogP contribution in [-0.4, -0.2) is 21.2 Å². The number of pyridine rings is 1. The highest BCUT2D eigenvalue weighted by Crippen LogP contribution is 2.37. The fraction of sp³-hybridized carbons (Fsp3) is 0.350. The molecular weight excluding hydrogens is 298 g/mol. The molecule has 3 aromatic rings. The predicted octanol–water partition coefficient (Wildman–Crippen LogP) is 3.19. The third-order valence-corrected chi connectivity index (χ3v) is 5.19. The fourth-order valence-corrected chi connectivity index (χ4v) is 4.01. The summed E-state index contributed by atoms with van der Waals surface area (Å²) >= 11 is 0. The van der Waals surface area contributed by atoms with Gasteiger partial charge in [0, 0.05) is 55.0 Å². The van der Waals surface area contributed by atoms with Crippen LogP contribution in [0, 0.1) is 6.92 Å². The van der Waals surface area contributed by atoms with Crippen LogP contribution in [0.5, 0.6) is 0 Å². The summed E-state index contributed by atoms with van der Waals surface area (Å²) in [5, 5.41) is 15.5. The van der Waals surface area contributed by atoms with E-state index in [4.69, 9.17) is 0 Å². The maximum atomic E-state index is 10.6. The summed E-state index contributed by atoms with van der Waals surface area (Å²) in [6, 6.07) is 10.4. The average molecular weight is 321 g/mol. The van der Waals surface area contributed by atoms with E-state index in [0.717, 1.165) is 18.7 Å². The van der Waals surface area contributed by atoms with Gasteiger partial charge in [-0.1, -0.05) is 11.6 Å². The minimum Gasteiger partial charge on any atom is -0.388 e. The van der Waals surface area contributed by atoms with E-state index in [1.54, 1.807) is 12.4 Å². The maximum absolute atomic E-state index is 10.6. The van der Waals surface area contributed by atoms with Crippen molar-refractivity contribution in [2.75, 3.05) is 6.54 Å². The van der Waals surface area contributed by atoms with E-state index in [0.29, 0.717) is 12.3 Å². The second-order valence-electron chi connectivity index (χ2n) is 6.80. The zero-order valence-electron chi connectivity index (χ0n) is 14.2. The Bertz CT molecular complexity index is 869. The molecule has 24 heavy (non-hydrogen) atoms. The van der Waals surface area contributed by atoms with Gasteiger partial charge in [0.15, 0.2) is 0 Å². The number of fused-ring (bicyclic) bond motifs is 3. The minimum absolute atomic E-state index is 0.301. The monoisotopic (exact) mass is 321 g/mol. The first-order valence-electron chi connectivity index (χ1n) is 8.51. The first-order chi connectivity index (χ1) is 11.6. The van der Waals surface area contributed by atoms with Gasteiger partial charge in [-0.25, -0.2) is 0 Å². The second kappa shape index (κ2) is 6.04. The first kappa shape index (κ1) is 15.4. The summed E-state index contributed by atoms with van der Waals surface area (Å²) < 4.78 is 2.31. The van der Waals surface area contributed by atoms with Gasteiger partial charge < -0.3 is 15.0 Å². The Morgan fingerprint density at radius 3 is 2.88 bits per heavy atom. The molecule has 2 atom stereocenters. The number of aryl methyl sites for hydroxylation is 2. The lowest BCUT2D eigenvalue weighted by Crippen LogP contribution is -2.30. The number of aromatic nitrogens is 2. The molecule has 4 nitrogen and oxygen atoms in total. The zero-order valence-corrected chi connectivity index (χ0v) is 14.2. The molecule has 4 heteroatoms. The topological polar surface area (TPSA) is 50.1 Å². The van der Waals surface area contributed by atoms with Crippen LogP contribution in [0.25, 0.3) is 10.9 Å². The lowest BCUT2D eigenvalue weighted by molar-refractivity contribution is 0.154. The van der Waals surface area contributed by atoms with Crippen LogP contribution < -0.4 is 5.32 Å². The third-order valence-electron chi connectivity index (χ3n) is 5.19. The van der Waals surface area contributed by atoms with Crippen molar-refractivity contribution in [2.24, 2.45) is 7.05 Å². The van der Waals surface area contributed by atoms with Crippen LogP contribution in [0.4, 0.5) is 0 Å². The molecule has 3 heterocycles. The van der Waals surface area contributed by atoms with Crippen LogP contribution in [-0.2, 0) is 13.6 Å². The average Bonchev–Trinajstić information content (AvgIpc) is 2.89. The molecule has 0 radical (unpaired) electrons. The van der Waals surface area contributed by atoms with Gasteiger partial charge in [-0.15, -0.1) is 0 Å². The molecule has 0 bridgehead atoms. The first-order valence-corrected chi connectivity index (χ1v) is 8.51. The van der Waals surface area contributed by atoms with Gasteiger partial charge in [-0.2, -0.15) is 0 Å². The highest BCUT2D eigenvalue weighted by Gasteiger charge is 2.28. The SMILES string of the molecule is Cc1ccc2c(c1)c1c(n2C)C(CC(O)c2ccncc2)CNC1. The van der Waals surface area contributed by atoms with Crippen LogP contribution >= 0.6 is 0 Å². The molecular formula is C20H23N3O. The number of hydrogen-bond acceptors (Lipinski definition) is 3. The van der Waals surface area contributed by atoms with Crippen molar-refractivity contribution in [1.29, 1.82) is 0 Å². The smallest absolute Gasteiger partial charge is 0.0798 e. The van der Waals surface area contributed by atoms with Gasteiger partial charge in [0.2, 0.25) is 0 Å². The number of hydrogen-bond donors (Lipinski definition) is 2. The van der Waals surface area contributed by atoms with E-state index in [1.807, 2.05) is 12.1 Å². The second-order valence-corrected chi connectivity index (χ2v) is 6.80. The lowest BCUT2D eigenvalue weighted by Gasteiger charge is -2.27. The lowest BCUT2D eigenvalue weighted by atomic mass is 9.89. The standard InChI is InChI=1S/C20H23N3O/c1-13-3-4-18-16(9-13)17-12-22-11-15(20(17)23(18)2)10-19(24)14-5-7-21-8-6-14/h3-9,15,19,22,24H,10-12H2,1-2H3. The van der Waals surface area contributed by atoms with E-state index in [-0.39, 0.29) is 0 Å². The van der Waals surface area contributed by atoms with Gasteiger partial charge in [0.05, 0.1) is 6.10 Å². The maximum Gasteiger partial charge on any atom is 0.0798 e.